The second-order valence-corrected chi connectivity index (χ2v) is 13.1. The van der Waals surface area contributed by atoms with Crippen molar-refractivity contribution in [2.45, 2.75) is 44.2 Å². The molecule has 1 aliphatic carbocycles. The van der Waals surface area contributed by atoms with E-state index in [9.17, 15) is 14.7 Å². The van der Waals surface area contributed by atoms with Crippen molar-refractivity contribution in [2.24, 2.45) is 25.9 Å². The lowest BCUT2D eigenvalue weighted by Crippen LogP contribution is -2.37. The fraction of sp³-hybridized carbons (Fsp3) is 0.484. The van der Waals surface area contributed by atoms with Crippen LogP contribution in [-0.4, -0.2) is 71.7 Å². The number of amides is 1. The molecule has 4 atom stereocenters. The van der Waals surface area contributed by atoms with E-state index in [1.165, 1.54) is 0 Å². The third-order valence-electron chi connectivity index (χ3n) is 10.1. The van der Waals surface area contributed by atoms with Crippen LogP contribution in [0.2, 0.25) is 5.02 Å². The van der Waals surface area contributed by atoms with E-state index in [0.29, 0.717) is 58.7 Å². The van der Waals surface area contributed by atoms with Gasteiger partial charge in [0.05, 0.1) is 16.2 Å². The number of aromatic nitrogens is 7. The third kappa shape index (κ3) is 4.33. The first-order valence-corrected chi connectivity index (χ1v) is 15.9. The quantitative estimate of drug-likeness (QED) is 0.276. The molecular formula is C31H34ClN9O5. The SMILES string of the molecule is Cc1cc(C2(CNC(=O)O)C3CCN(c4nc5c(c(-c6ccc7nn(C)cc7c6Cl)nn5C5CCCCO5)c(=O)n4C)CC32)no1. The van der Waals surface area contributed by atoms with Gasteiger partial charge in [0.25, 0.3) is 5.56 Å². The van der Waals surface area contributed by atoms with Gasteiger partial charge in [-0.1, -0.05) is 16.8 Å². The largest absolute Gasteiger partial charge is 0.465 e. The van der Waals surface area contributed by atoms with E-state index in [0.717, 1.165) is 42.3 Å². The topological polar surface area (TPSA) is 158 Å². The van der Waals surface area contributed by atoms with Gasteiger partial charge in [0.2, 0.25) is 5.95 Å². The Bertz CT molecular complexity index is 2080. The maximum Gasteiger partial charge on any atom is 0.404 e. The molecule has 1 amide bonds. The molecule has 0 radical (unpaired) electrons. The minimum absolute atomic E-state index is 0.0948. The number of fused-ring (bicyclic) bond motifs is 3. The lowest BCUT2D eigenvalue weighted by molar-refractivity contribution is -0.0368. The summed E-state index contributed by atoms with van der Waals surface area (Å²) in [5, 5.41) is 27.4. The van der Waals surface area contributed by atoms with Crippen LogP contribution >= 0.6 is 11.6 Å². The second kappa shape index (κ2) is 10.6. The van der Waals surface area contributed by atoms with Crippen molar-refractivity contribution in [3.63, 3.8) is 0 Å². The zero-order valence-electron chi connectivity index (χ0n) is 25.7. The summed E-state index contributed by atoms with van der Waals surface area (Å²) in [4.78, 5) is 33.1. The summed E-state index contributed by atoms with van der Waals surface area (Å²) in [5.74, 6) is 1.52. The molecule has 5 aromatic rings. The summed E-state index contributed by atoms with van der Waals surface area (Å²) >= 11 is 6.95. The van der Waals surface area contributed by atoms with Gasteiger partial charge < -0.3 is 24.6 Å². The van der Waals surface area contributed by atoms with Crippen molar-refractivity contribution in [3.8, 4) is 11.3 Å². The minimum Gasteiger partial charge on any atom is -0.465 e. The first kappa shape index (κ1) is 29.0. The number of anilines is 1. The number of benzene rings is 1. The Morgan fingerprint density at radius 1 is 1.20 bits per heavy atom. The van der Waals surface area contributed by atoms with Crippen LogP contribution in [0.4, 0.5) is 10.7 Å². The van der Waals surface area contributed by atoms with Crippen LogP contribution in [0.5, 0.6) is 0 Å². The molecule has 8 rings (SSSR count). The Morgan fingerprint density at radius 3 is 2.78 bits per heavy atom. The van der Waals surface area contributed by atoms with E-state index >= 15 is 0 Å². The van der Waals surface area contributed by atoms with Gasteiger partial charge in [-0.05, 0) is 56.6 Å². The summed E-state index contributed by atoms with van der Waals surface area (Å²) in [6.45, 7) is 3.89. The van der Waals surface area contributed by atoms with E-state index < -0.39 is 11.5 Å². The zero-order valence-corrected chi connectivity index (χ0v) is 26.5. The second-order valence-electron chi connectivity index (χ2n) is 12.7. The van der Waals surface area contributed by atoms with Crippen LogP contribution in [0.1, 0.15) is 43.4 Å². The molecule has 3 aliphatic rings. The molecule has 240 valence electrons. The van der Waals surface area contributed by atoms with Gasteiger partial charge in [-0.2, -0.15) is 15.2 Å². The number of hydrogen-bond acceptors (Lipinski definition) is 9. The number of carbonyl (C=O) groups is 1. The van der Waals surface area contributed by atoms with E-state index in [-0.39, 0.29) is 30.2 Å². The Kier molecular flexibility index (Phi) is 6.66. The number of hydrogen-bond donors (Lipinski definition) is 2. The number of aryl methyl sites for hydroxylation is 2. The van der Waals surface area contributed by atoms with E-state index in [1.54, 1.807) is 21.0 Å². The monoisotopic (exact) mass is 647 g/mol. The van der Waals surface area contributed by atoms with Crippen molar-refractivity contribution in [3.05, 3.63) is 51.2 Å². The van der Waals surface area contributed by atoms with Gasteiger partial charge in [-0.3, -0.25) is 14.0 Å². The summed E-state index contributed by atoms with van der Waals surface area (Å²) in [5.41, 5.74) is 2.33. The van der Waals surface area contributed by atoms with Crippen LogP contribution in [0, 0.1) is 18.8 Å². The predicted molar refractivity (Wildman–Crippen MR) is 169 cm³/mol. The van der Waals surface area contributed by atoms with Crippen LogP contribution in [0.15, 0.2) is 33.7 Å². The Morgan fingerprint density at radius 2 is 2.04 bits per heavy atom. The highest BCUT2D eigenvalue weighted by atomic mass is 35.5. The van der Waals surface area contributed by atoms with E-state index in [1.807, 2.05) is 38.4 Å². The molecule has 0 bridgehead atoms. The molecule has 46 heavy (non-hydrogen) atoms. The summed E-state index contributed by atoms with van der Waals surface area (Å²) in [6.07, 6.45) is 3.89. The normalized spacial score (nSPS) is 24.4. The molecule has 2 N–H and O–H groups in total. The van der Waals surface area contributed by atoms with Gasteiger partial charge in [0, 0.05) is 69.0 Å². The van der Waals surface area contributed by atoms with Gasteiger partial charge in [-0.15, -0.1) is 0 Å². The van der Waals surface area contributed by atoms with Crippen molar-refractivity contribution in [1.82, 2.24) is 39.6 Å². The highest BCUT2D eigenvalue weighted by Crippen LogP contribution is 2.63. The molecule has 3 fully saturated rings. The Labute approximate surface area is 267 Å². The molecule has 6 heterocycles. The third-order valence-corrected chi connectivity index (χ3v) is 10.5. The molecule has 1 aromatic carbocycles. The smallest absolute Gasteiger partial charge is 0.404 e. The highest BCUT2D eigenvalue weighted by Gasteiger charge is 2.68. The lowest BCUT2D eigenvalue weighted by atomic mass is 9.96. The minimum atomic E-state index is -1.08. The predicted octanol–water partition coefficient (Wildman–Crippen LogP) is 3.99. The average Bonchev–Trinajstić information content (AvgIpc) is 3.40. The number of halogens is 1. The fourth-order valence-electron chi connectivity index (χ4n) is 7.81. The molecule has 0 spiro atoms. The summed E-state index contributed by atoms with van der Waals surface area (Å²) in [6, 6.07) is 5.63. The molecule has 1 saturated carbocycles. The first-order valence-electron chi connectivity index (χ1n) is 15.6. The van der Waals surface area contributed by atoms with Crippen LogP contribution < -0.4 is 15.8 Å². The molecule has 2 aliphatic heterocycles. The number of rotatable bonds is 6. The van der Waals surface area contributed by atoms with Crippen molar-refractivity contribution < 1.29 is 19.2 Å². The standard InChI is InChI=1S/C31H34ClN9O5/c1-16-12-22(37-46-16)31(15-33-30(43)44)19-9-10-40(14-20(19)31)29-34-27-24(28(42)39(29)3)26(36-41(27)23-6-4-5-11-45-23)17-7-8-21-18(25(17)32)13-38(2)35-21/h7-8,12-13,19-20,23,33H,4-6,9-11,14-15H2,1-3H3,(H,43,44). The molecule has 4 aromatic heterocycles. The van der Waals surface area contributed by atoms with Gasteiger partial charge >= 0.3 is 6.09 Å². The average molecular weight is 648 g/mol. The number of carboxylic acid groups (broad SMARTS) is 1. The number of nitrogens with zero attached hydrogens (tertiary/aromatic N) is 8. The van der Waals surface area contributed by atoms with Crippen molar-refractivity contribution >= 4 is 45.6 Å². The van der Waals surface area contributed by atoms with Gasteiger partial charge in [-0.25, -0.2) is 9.48 Å². The van der Waals surface area contributed by atoms with E-state index in [2.05, 4.69) is 20.5 Å². The highest BCUT2D eigenvalue weighted by molar-refractivity contribution is 6.38. The van der Waals surface area contributed by atoms with Crippen molar-refractivity contribution in [1.29, 1.82) is 0 Å². The maximum atomic E-state index is 14.3. The van der Waals surface area contributed by atoms with Gasteiger partial charge in [0.1, 0.15) is 16.8 Å². The zero-order chi connectivity index (χ0) is 31.9. The maximum absolute atomic E-state index is 14.3. The Balaban J connectivity index is 1.23. The number of ether oxygens (including phenoxy) is 1. The fourth-order valence-corrected chi connectivity index (χ4v) is 8.10. The lowest BCUT2D eigenvalue weighted by Gasteiger charge is -2.29. The van der Waals surface area contributed by atoms with Crippen LogP contribution in [-0.2, 0) is 24.2 Å². The number of nitrogens with one attached hydrogen (secondary N) is 1. The van der Waals surface area contributed by atoms with Crippen LogP contribution in [0.3, 0.4) is 0 Å². The summed E-state index contributed by atoms with van der Waals surface area (Å²) in [7, 11) is 3.57. The molecule has 2 saturated heterocycles. The van der Waals surface area contributed by atoms with Gasteiger partial charge in [0.15, 0.2) is 11.9 Å². The van der Waals surface area contributed by atoms with Crippen LogP contribution in [0.25, 0.3) is 33.2 Å². The molecule has 4 unspecified atom stereocenters. The summed E-state index contributed by atoms with van der Waals surface area (Å²) < 4.78 is 16.6. The number of piperidine rings is 1. The molecule has 15 heteroatoms. The first-order chi connectivity index (χ1) is 22.2. The molecular weight excluding hydrogens is 614 g/mol. The molecule has 14 nitrogen and oxygen atoms in total. The van der Waals surface area contributed by atoms with E-state index in [4.69, 9.17) is 30.9 Å². The van der Waals surface area contributed by atoms with Crippen molar-refractivity contribution in [2.75, 3.05) is 31.1 Å². The Hall–Kier alpha value is -4.43.